The number of carbonyl (C=O) groups is 1. The molecule has 3 atom stereocenters. The van der Waals surface area contributed by atoms with E-state index in [-0.39, 0.29) is 32.7 Å². The van der Waals surface area contributed by atoms with Gasteiger partial charge in [0.05, 0.1) is 18.7 Å². The number of fused-ring (bicyclic) bond motifs is 8. The third-order valence-corrected chi connectivity index (χ3v) is 7.28. The Morgan fingerprint density at radius 2 is 1.71 bits per heavy atom. The molecule has 1 N–H and O–H groups in total. The normalized spacial score (nSPS) is 22.8. The maximum atomic E-state index is 13.6. The van der Waals surface area contributed by atoms with Crippen molar-refractivity contribution in [1.29, 1.82) is 0 Å². The molecule has 7 rings (SSSR count). The summed E-state index contributed by atoms with van der Waals surface area (Å²) < 4.78 is 28.3. The number of benzene rings is 3. The molecule has 3 aromatic rings. The smallest absolute Gasteiger partial charge is 0.410 e. The standard InChI is InChI=1S/C27H23NO7/c29-20-8-16-9-22-23(34-13-33-22)10-18(16)25-24(20)17-6-7-21-26(35-14-32-21)19(17)11-28(25)27(30)31-12-15-4-2-1-3-5-15/h1-7,9-10,20,24-25,29H,8,11-14H2/t20-,24+,25-/m1/s1. The third-order valence-electron chi connectivity index (χ3n) is 7.28. The number of aliphatic hydroxyl groups excluding tert-OH is 1. The molecule has 0 spiro atoms. The van der Waals surface area contributed by atoms with Gasteiger partial charge in [0, 0.05) is 11.5 Å². The number of rotatable bonds is 2. The maximum Gasteiger partial charge on any atom is 0.410 e. The number of hydrogen-bond acceptors (Lipinski definition) is 7. The number of hydrogen-bond donors (Lipinski definition) is 1. The molecule has 1 amide bonds. The fourth-order valence-corrected chi connectivity index (χ4v) is 5.72. The molecule has 0 bridgehead atoms. The highest BCUT2D eigenvalue weighted by Gasteiger charge is 2.48. The summed E-state index contributed by atoms with van der Waals surface area (Å²) in [5.74, 6) is 2.23. The van der Waals surface area contributed by atoms with E-state index in [0.717, 1.165) is 27.8 Å². The van der Waals surface area contributed by atoms with Crippen molar-refractivity contribution in [2.24, 2.45) is 0 Å². The second-order valence-electron chi connectivity index (χ2n) is 9.18. The van der Waals surface area contributed by atoms with Crippen molar-refractivity contribution in [2.45, 2.75) is 37.6 Å². The Balaban J connectivity index is 1.33. The topological polar surface area (TPSA) is 86.7 Å². The van der Waals surface area contributed by atoms with Crippen LogP contribution in [0.3, 0.4) is 0 Å². The Kier molecular flexibility index (Phi) is 4.57. The van der Waals surface area contributed by atoms with Crippen LogP contribution in [0.4, 0.5) is 4.79 Å². The number of ether oxygens (including phenoxy) is 5. The van der Waals surface area contributed by atoms with Crippen molar-refractivity contribution in [1.82, 2.24) is 4.90 Å². The predicted octanol–water partition coefficient (Wildman–Crippen LogP) is 4.04. The number of carbonyl (C=O) groups excluding carboxylic acids is 1. The number of amides is 1. The summed E-state index contributed by atoms with van der Waals surface area (Å²) in [7, 11) is 0. The zero-order valence-electron chi connectivity index (χ0n) is 18.8. The largest absolute Gasteiger partial charge is 0.454 e. The molecule has 3 aromatic carbocycles. The van der Waals surface area contributed by atoms with Gasteiger partial charge in [-0.2, -0.15) is 0 Å². The van der Waals surface area contributed by atoms with E-state index < -0.39 is 18.2 Å². The summed E-state index contributed by atoms with van der Waals surface area (Å²) in [6.07, 6.45) is -0.728. The van der Waals surface area contributed by atoms with E-state index >= 15 is 0 Å². The van der Waals surface area contributed by atoms with Crippen molar-refractivity contribution in [2.75, 3.05) is 13.6 Å². The van der Waals surface area contributed by atoms with Crippen LogP contribution in [0.2, 0.25) is 0 Å². The van der Waals surface area contributed by atoms with E-state index in [1.807, 2.05) is 54.6 Å². The molecular formula is C27H23NO7. The second-order valence-corrected chi connectivity index (χ2v) is 9.18. The molecule has 35 heavy (non-hydrogen) atoms. The monoisotopic (exact) mass is 473 g/mol. The second kappa shape index (κ2) is 7.81. The average molecular weight is 473 g/mol. The molecule has 0 saturated carbocycles. The van der Waals surface area contributed by atoms with Crippen molar-refractivity contribution >= 4 is 6.09 Å². The molecule has 0 aromatic heterocycles. The summed E-state index contributed by atoms with van der Waals surface area (Å²) in [6.45, 7) is 0.720. The van der Waals surface area contributed by atoms with Gasteiger partial charge in [-0.05, 0) is 46.9 Å². The van der Waals surface area contributed by atoms with Crippen LogP contribution in [0.15, 0.2) is 54.6 Å². The van der Waals surface area contributed by atoms with E-state index in [0.29, 0.717) is 29.4 Å². The molecule has 178 valence electrons. The molecular weight excluding hydrogens is 450 g/mol. The Labute approximate surface area is 201 Å². The van der Waals surface area contributed by atoms with Crippen molar-refractivity contribution in [3.8, 4) is 23.0 Å². The summed E-state index contributed by atoms with van der Waals surface area (Å²) in [5, 5.41) is 11.4. The van der Waals surface area contributed by atoms with Crippen LogP contribution in [0.25, 0.3) is 0 Å². The zero-order chi connectivity index (χ0) is 23.5. The summed E-state index contributed by atoms with van der Waals surface area (Å²) >= 11 is 0. The molecule has 8 heteroatoms. The molecule has 3 heterocycles. The first-order valence-electron chi connectivity index (χ1n) is 11.7. The van der Waals surface area contributed by atoms with Crippen molar-refractivity contribution in [3.63, 3.8) is 0 Å². The van der Waals surface area contributed by atoms with Crippen LogP contribution in [0, 0.1) is 0 Å². The highest BCUT2D eigenvalue weighted by Crippen LogP contribution is 2.54. The van der Waals surface area contributed by atoms with E-state index in [1.165, 1.54) is 0 Å². The van der Waals surface area contributed by atoms with Gasteiger partial charge in [-0.1, -0.05) is 36.4 Å². The van der Waals surface area contributed by atoms with Gasteiger partial charge in [-0.15, -0.1) is 0 Å². The highest BCUT2D eigenvalue weighted by atomic mass is 16.7. The third kappa shape index (κ3) is 3.20. The van der Waals surface area contributed by atoms with Gasteiger partial charge < -0.3 is 28.8 Å². The van der Waals surface area contributed by atoms with Crippen LogP contribution < -0.4 is 18.9 Å². The predicted molar refractivity (Wildman–Crippen MR) is 122 cm³/mol. The van der Waals surface area contributed by atoms with E-state index in [9.17, 15) is 9.90 Å². The Morgan fingerprint density at radius 1 is 0.943 bits per heavy atom. The first-order valence-corrected chi connectivity index (χ1v) is 11.7. The van der Waals surface area contributed by atoms with Gasteiger partial charge in [0.25, 0.3) is 0 Å². The number of aliphatic hydroxyl groups is 1. The van der Waals surface area contributed by atoms with Crippen LogP contribution in [-0.4, -0.2) is 35.8 Å². The minimum Gasteiger partial charge on any atom is -0.454 e. The Bertz CT molecular complexity index is 1320. The lowest BCUT2D eigenvalue weighted by Gasteiger charge is -2.47. The van der Waals surface area contributed by atoms with Crippen molar-refractivity contribution < 1.29 is 33.6 Å². The summed E-state index contributed by atoms with van der Waals surface area (Å²) in [4.78, 5) is 15.3. The Hall–Kier alpha value is -3.91. The van der Waals surface area contributed by atoms with E-state index in [4.69, 9.17) is 23.7 Å². The van der Waals surface area contributed by atoms with Gasteiger partial charge in [-0.3, -0.25) is 4.90 Å². The molecule has 0 radical (unpaired) electrons. The molecule has 3 aliphatic heterocycles. The zero-order valence-corrected chi connectivity index (χ0v) is 18.8. The van der Waals surface area contributed by atoms with E-state index in [1.54, 1.807) is 4.90 Å². The molecule has 0 saturated heterocycles. The SMILES string of the molecule is O=C(OCc1ccccc1)N1Cc2c(ccc3c2OCO3)[C@H]2[C@H](O)Cc3cc4c(cc3[C@H]21)OCO4. The average Bonchev–Trinajstić information content (AvgIpc) is 3.55. The van der Waals surface area contributed by atoms with Gasteiger partial charge in [0.2, 0.25) is 13.6 Å². The van der Waals surface area contributed by atoms with Crippen molar-refractivity contribution in [3.05, 3.63) is 82.4 Å². The Morgan fingerprint density at radius 3 is 2.57 bits per heavy atom. The number of nitrogens with zero attached hydrogens (tertiary/aromatic N) is 1. The van der Waals surface area contributed by atoms with Gasteiger partial charge in [0.1, 0.15) is 6.61 Å². The van der Waals surface area contributed by atoms with Gasteiger partial charge in [0.15, 0.2) is 23.0 Å². The fourth-order valence-electron chi connectivity index (χ4n) is 5.72. The molecule has 0 fully saturated rings. The molecule has 4 aliphatic rings. The fraction of sp³-hybridized carbons (Fsp3) is 0.296. The maximum absolute atomic E-state index is 13.6. The first kappa shape index (κ1) is 20.5. The van der Waals surface area contributed by atoms with Crippen LogP contribution in [-0.2, 0) is 24.3 Å². The van der Waals surface area contributed by atoms with Crippen LogP contribution in [0.1, 0.15) is 39.8 Å². The van der Waals surface area contributed by atoms with Gasteiger partial charge in [-0.25, -0.2) is 4.79 Å². The lowest BCUT2D eigenvalue weighted by Crippen LogP contribution is -2.47. The summed E-state index contributed by atoms with van der Waals surface area (Å²) in [6, 6.07) is 16.9. The minimum absolute atomic E-state index is 0.132. The summed E-state index contributed by atoms with van der Waals surface area (Å²) in [5.41, 5.74) is 4.58. The van der Waals surface area contributed by atoms with Crippen LogP contribution >= 0.6 is 0 Å². The molecule has 8 nitrogen and oxygen atoms in total. The quantitative estimate of drug-likeness (QED) is 0.601. The van der Waals surface area contributed by atoms with E-state index in [2.05, 4.69) is 0 Å². The minimum atomic E-state index is -0.711. The first-order chi connectivity index (χ1) is 17.2. The molecule has 1 aliphatic carbocycles. The molecule has 0 unspecified atom stereocenters. The lowest BCUT2D eigenvalue weighted by atomic mass is 9.70. The van der Waals surface area contributed by atoms with Gasteiger partial charge >= 0.3 is 6.09 Å². The lowest BCUT2D eigenvalue weighted by molar-refractivity contribution is 0.0298. The highest BCUT2D eigenvalue weighted by molar-refractivity contribution is 5.71. The van der Waals surface area contributed by atoms with Crippen LogP contribution in [0.5, 0.6) is 23.0 Å².